The van der Waals surface area contributed by atoms with Crippen molar-refractivity contribution in [1.82, 2.24) is 5.32 Å². The average molecular weight is 408 g/mol. The highest BCUT2D eigenvalue weighted by Crippen LogP contribution is 2.31. The Hall–Kier alpha value is -3.21. The summed E-state index contributed by atoms with van der Waals surface area (Å²) < 4.78 is 16.7. The molecule has 0 unspecified atom stereocenters. The molecule has 3 aromatic carbocycles. The molecule has 0 saturated heterocycles. The molecule has 0 aliphatic carbocycles. The second-order valence-corrected chi connectivity index (χ2v) is 7.11. The molecule has 1 N–H and O–H groups in total. The predicted molar refractivity (Wildman–Crippen MR) is 119 cm³/mol. The summed E-state index contributed by atoms with van der Waals surface area (Å²) in [4.78, 5) is 13.0. The third-order valence-corrected chi connectivity index (χ3v) is 5.20. The second-order valence-electron chi connectivity index (χ2n) is 7.11. The number of hydrogen-bond donors (Lipinski definition) is 1. The molecule has 5 nitrogen and oxygen atoms in total. The van der Waals surface area contributed by atoms with Crippen molar-refractivity contribution in [2.45, 2.75) is 38.8 Å². The van der Waals surface area contributed by atoms with E-state index in [0.29, 0.717) is 23.7 Å². The van der Waals surface area contributed by atoms with E-state index in [4.69, 9.17) is 14.2 Å². The van der Waals surface area contributed by atoms with Crippen LogP contribution in [0.2, 0.25) is 0 Å². The summed E-state index contributed by atoms with van der Waals surface area (Å²) >= 11 is 0. The molecule has 1 amide bonds. The van der Waals surface area contributed by atoms with Crippen molar-refractivity contribution in [3.8, 4) is 17.2 Å². The normalized spacial score (nSPS) is 12.8. The number of fused-ring (bicyclic) bond motifs is 1. The fourth-order valence-corrected chi connectivity index (χ4v) is 3.48. The summed E-state index contributed by atoms with van der Waals surface area (Å²) in [7, 11) is 3.21. The van der Waals surface area contributed by atoms with Crippen molar-refractivity contribution in [3.63, 3.8) is 0 Å². The third kappa shape index (κ3) is 4.85. The Morgan fingerprint density at radius 3 is 2.27 bits per heavy atom. The summed E-state index contributed by atoms with van der Waals surface area (Å²) in [6.07, 6.45) is 0.745. The van der Waals surface area contributed by atoms with Gasteiger partial charge in [0, 0.05) is 0 Å². The van der Waals surface area contributed by atoms with Gasteiger partial charge in [-0.15, -0.1) is 0 Å². The van der Waals surface area contributed by atoms with Gasteiger partial charge in [-0.1, -0.05) is 50.2 Å². The van der Waals surface area contributed by atoms with Crippen molar-refractivity contribution >= 4 is 16.7 Å². The number of amides is 1. The highest BCUT2D eigenvalue weighted by atomic mass is 16.5. The zero-order valence-electron chi connectivity index (χ0n) is 18.0. The van der Waals surface area contributed by atoms with Gasteiger partial charge in [0.1, 0.15) is 5.75 Å². The van der Waals surface area contributed by atoms with Gasteiger partial charge < -0.3 is 19.5 Å². The fraction of sp³-hybridized carbons (Fsp3) is 0.320. The standard InChI is InChI=1S/C25H29NO4/c1-5-21(19-12-14-23(28-3)24(16-19)29-4)26-25(27)22(6-2)30-20-13-11-17-9-7-8-10-18(17)15-20/h7-16,21-22H,5-6H2,1-4H3,(H,26,27)/t21-,22-/m0/s1. The van der Waals surface area contributed by atoms with E-state index < -0.39 is 6.10 Å². The maximum absolute atomic E-state index is 13.0. The van der Waals surface area contributed by atoms with Gasteiger partial charge in [0.25, 0.3) is 5.91 Å². The quantitative estimate of drug-likeness (QED) is 0.524. The molecule has 2 atom stereocenters. The molecule has 0 bridgehead atoms. The highest BCUT2D eigenvalue weighted by molar-refractivity contribution is 5.84. The van der Waals surface area contributed by atoms with E-state index in [1.54, 1.807) is 14.2 Å². The first-order valence-electron chi connectivity index (χ1n) is 10.3. The minimum Gasteiger partial charge on any atom is -0.493 e. The Morgan fingerprint density at radius 2 is 1.60 bits per heavy atom. The molecule has 158 valence electrons. The largest absolute Gasteiger partial charge is 0.493 e. The third-order valence-electron chi connectivity index (χ3n) is 5.20. The summed E-state index contributed by atoms with van der Waals surface area (Å²) in [5, 5.41) is 5.35. The van der Waals surface area contributed by atoms with Crippen LogP contribution >= 0.6 is 0 Å². The van der Waals surface area contributed by atoms with Crippen molar-refractivity contribution in [1.29, 1.82) is 0 Å². The molecule has 0 saturated carbocycles. The number of hydrogen-bond acceptors (Lipinski definition) is 4. The summed E-state index contributed by atoms with van der Waals surface area (Å²) in [6.45, 7) is 3.98. The zero-order chi connectivity index (χ0) is 21.5. The smallest absolute Gasteiger partial charge is 0.261 e. The lowest BCUT2D eigenvalue weighted by atomic mass is 10.0. The van der Waals surface area contributed by atoms with Gasteiger partial charge in [-0.05, 0) is 53.4 Å². The van der Waals surface area contributed by atoms with Gasteiger partial charge >= 0.3 is 0 Å². The SMILES string of the molecule is CC[C@H](Oc1ccc2ccccc2c1)C(=O)N[C@@H](CC)c1ccc(OC)c(OC)c1. The molecule has 5 heteroatoms. The molecule has 0 spiro atoms. The van der Waals surface area contributed by atoms with E-state index in [0.717, 1.165) is 22.8 Å². The summed E-state index contributed by atoms with van der Waals surface area (Å²) in [6, 6.07) is 19.5. The summed E-state index contributed by atoms with van der Waals surface area (Å²) in [5.41, 5.74) is 0.962. The topological polar surface area (TPSA) is 56.8 Å². The van der Waals surface area contributed by atoms with E-state index >= 15 is 0 Å². The van der Waals surface area contributed by atoms with Crippen molar-refractivity contribution in [2.75, 3.05) is 14.2 Å². The monoisotopic (exact) mass is 407 g/mol. The molecular formula is C25H29NO4. The first-order chi connectivity index (χ1) is 14.6. The number of carbonyl (C=O) groups excluding carboxylic acids is 1. The van der Waals surface area contributed by atoms with Crippen LogP contribution in [0.5, 0.6) is 17.2 Å². The van der Waals surface area contributed by atoms with E-state index in [2.05, 4.69) is 11.4 Å². The maximum Gasteiger partial charge on any atom is 0.261 e. The molecule has 0 aliphatic heterocycles. The van der Waals surface area contributed by atoms with Crippen LogP contribution in [0, 0.1) is 0 Å². The van der Waals surface area contributed by atoms with Gasteiger partial charge in [0.2, 0.25) is 0 Å². The molecular weight excluding hydrogens is 378 g/mol. The van der Waals surface area contributed by atoms with Crippen LogP contribution < -0.4 is 19.5 Å². The Morgan fingerprint density at radius 1 is 0.867 bits per heavy atom. The van der Waals surface area contributed by atoms with Crippen LogP contribution in [-0.2, 0) is 4.79 Å². The predicted octanol–water partition coefficient (Wildman–Crippen LogP) is 5.28. The lowest BCUT2D eigenvalue weighted by Crippen LogP contribution is -2.39. The number of nitrogens with one attached hydrogen (secondary N) is 1. The van der Waals surface area contributed by atoms with Gasteiger partial charge in [-0.3, -0.25) is 4.79 Å². The van der Waals surface area contributed by atoms with Crippen LogP contribution in [-0.4, -0.2) is 26.2 Å². The molecule has 0 radical (unpaired) electrons. The number of methoxy groups -OCH3 is 2. The van der Waals surface area contributed by atoms with E-state index in [-0.39, 0.29) is 11.9 Å². The Bertz CT molecular complexity index is 1000. The molecule has 0 fully saturated rings. The van der Waals surface area contributed by atoms with Crippen LogP contribution in [0.1, 0.15) is 38.3 Å². The second kappa shape index (κ2) is 10.0. The minimum atomic E-state index is -0.569. The zero-order valence-corrected chi connectivity index (χ0v) is 18.0. The van der Waals surface area contributed by atoms with E-state index in [1.165, 1.54) is 0 Å². The number of carbonyl (C=O) groups is 1. The van der Waals surface area contributed by atoms with Gasteiger partial charge in [-0.25, -0.2) is 0 Å². The lowest BCUT2D eigenvalue weighted by Gasteiger charge is -2.23. The van der Waals surface area contributed by atoms with Crippen LogP contribution in [0.15, 0.2) is 60.7 Å². The van der Waals surface area contributed by atoms with Gasteiger partial charge in [0.05, 0.1) is 20.3 Å². The number of rotatable bonds is 9. The Labute approximate surface area is 178 Å². The molecule has 0 aromatic heterocycles. The van der Waals surface area contributed by atoms with Crippen LogP contribution in [0.3, 0.4) is 0 Å². The fourth-order valence-electron chi connectivity index (χ4n) is 3.48. The van der Waals surface area contributed by atoms with Crippen LogP contribution in [0.25, 0.3) is 10.8 Å². The lowest BCUT2D eigenvalue weighted by molar-refractivity contribution is -0.128. The molecule has 3 rings (SSSR count). The van der Waals surface area contributed by atoms with Crippen molar-refractivity contribution in [2.24, 2.45) is 0 Å². The Balaban J connectivity index is 1.74. The molecule has 0 aliphatic rings. The first kappa shape index (κ1) is 21.5. The van der Waals surface area contributed by atoms with E-state index in [1.807, 2.05) is 68.4 Å². The molecule has 0 heterocycles. The molecule has 3 aromatic rings. The van der Waals surface area contributed by atoms with E-state index in [9.17, 15) is 4.79 Å². The van der Waals surface area contributed by atoms with Gasteiger partial charge in [-0.2, -0.15) is 0 Å². The van der Waals surface area contributed by atoms with Crippen molar-refractivity contribution < 1.29 is 19.0 Å². The number of benzene rings is 3. The number of ether oxygens (including phenoxy) is 3. The van der Waals surface area contributed by atoms with Gasteiger partial charge in [0.15, 0.2) is 17.6 Å². The summed E-state index contributed by atoms with van der Waals surface area (Å²) in [5.74, 6) is 1.86. The maximum atomic E-state index is 13.0. The minimum absolute atomic E-state index is 0.132. The molecule has 30 heavy (non-hydrogen) atoms. The average Bonchev–Trinajstić information content (AvgIpc) is 2.80. The van der Waals surface area contributed by atoms with Crippen molar-refractivity contribution in [3.05, 3.63) is 66.2 Å². The highest BCUT2D eigenvalue weighted by Gasteiger charge is 2.22. The Kier molecular flexibility index (Phi) is 7.17. The first-order valence-corrected chi connectivity index (χ1v) is 10.3. The van der Waals surface area contributed by atoms with Crippen LogP contribution in [0.4, 0.5) is 0 Å².